The number of fused-ring (bicyclic) bond motifs is 4. The van der Waals surface area contributed by atoms with E-state index in [1.165, 1.54) is 0 Å². The molecule has 3 aromatic heterocycles. The van der Waals surface area contributed by atoms with Crippen LogP contribution < -0.4 is 5.56 Å². The van der Waals surface area contributed by atoms with Crippen molar-refractivity contribution < 1.29 is 0 Å². The molecular formula is C16H10N4O. The molecule has 100 valence electrons. The maximum atomic E-state index is 12.8. The van der Waals surface area contributed by atoms with Crippen LogP contribution in [0.15, 0.2) is 47.4 Å². The second kappa shape index (κ2) is 3.93. The van der Waals surface area contributed by atoms with Gasteiger partial charge in [0.15, 0.2) is 0 Å². The summed E-state index contributed by atoms with van der Waals surface area (Å²) in [5, 5.41) is 10.0. The molecule has 0 aliphatic heterocycles. The summed E-state index contributed by atoms with van der Waals surface area (Å²) in [7, 11) is 1.85. The average Bonchev–Trinajstić information content (AvgIpc) is 2.82. The first-order chi connectivity index (χ1) is 10.2. The van der Waals surface area contributed by atoms with Crippen molar-refractivity contribution in [1.82, 2.24) is 14.0 Å². The van der Waals surface area contributed by atoms with Gasteiger partial charge < -0.3 is 4.57 Å². The number of aryl methyl sites for hydroxylation is 1. The van der Waals surface area contributed by atoms with Crippen LogP contribution in [-0.2, 0) is 7.05 Å². The molecule has 3 heterocycles. The lowest BCUT2D eigenvalue weighted by molar-refractivity contribution is 0.977. The fraction of sp³-hybridized carbons (Fsp3) is 0.0625. The lowest BCUT2D eigenvalue weighted by atomic mass is 10.2. The zero-order chi connectivity index (χ0) is 14.6. The van der Waals surface area contributed by atoms with Gasteiger partial charge in [-0.05, 0) is 24.3 Å². The predicted molar refractivity (Wildman–Crippen MR) is 80.2 cm³/mol. The number of benzene rings is 1. The van der Waals surface area contributed by atoms with E-state index in [0.29, 0.717) is 22.1 Å². The molecule has 0 aliphatic carbocycles. The van der Waals surface area contributed by atoms with Crippen molar-refractivity contribution in [3.63, 3.8) is 0 Å². The number of aromatic nitrogens is 3. The summed E-state index contributed by atoms with van der Waals surface area (Å²) in [4.78, 5) is 17.0. The number of imidazole rings is 1. The quantitative estimate of drug-likeness (QED) is 0.494. The highest BCUT2D eigenvalue weighted by Crippen LogP contribution is 2.24. The summed E-state index contributed by atoms with van der Waals surface area (Å²) in [5.41, 5.74) is 3.00. The van der Waals surface area contributed by atoms with E-state index < -0.39 is 0 Å². The first-order valence-electron chi connectivity index (χ1n) is 6.51. The van der Waals surface area contributed by atoms with Gasteiger partial charge in [-0.25, -0.2) is 0 Å². The molecule has 21 heavy (non-hydrogen) atoms. The maximum absolute atomic E-state index is 12.8. The topological polar surface area (TPSA) is 63.1 Å². The Bertz CT molecular complexity index is 1130. The van der Waals surface area contributed by atoms with Gasteiger partial charge in [0, 0.05) is 13.2 Å². The Labute approximate surface area is 119 Å². The number of rotatable bonds is 0. The molecule has 0 radical (unpaired) electrons. The molecule has 0 fully saturated rings. The number of hydrogen-bond acceptors (Lipinski definition) is 3. The standard InChI is InChI=1S/C16H10N4O/c1-19-12-6-2-3-7-13(12)20-15(19)11(9-17)14-10(16(20)21)5-4-8-18-14/h2-8H,1H3. The van der Waals surface area contributed by atoms with Gasteiger partial charge in [0.2, 0.25) is 0 Å². The van der Waals surface area contributed by atoms with Crippen LogP contribution in [0.25, 0.3) is 27.6 Å². The highest BCUT2D eigenvalue weighted by molar-refractivity contribution is 5.93. The normalized spacial score (nSPS) is 11.2. The van der Waals surface area contributed by atoms with Crippen LogP contribution in [0.2, 0.25) is 0 Å². The molecule has 0 unspecified atom stereocenters. The van der Waals surface area contributed by atoms with E-state index in [1.807, 2.05) is 35.9 Å². The van der Waals surface area contributed by atoms with Crippen molar-refractivity contribution in [2.24, 2.45) is 7.05 Å². The third kappa shape index (κ3) is 1.33. The molecule has 0 spiro atoms. The number of pyridine rings is 2. The van der Waals surface area contributed by atoms with Gasteiger partial charge >= 0.3 is 0 Å². The van der Waals surface area contributed by atoms with Crippen molar-refractivity contribution in [3.8, 4) is 6.07 Å². The van der Waals surface area contributed by atoms with E-state index in [9.17, 15) is 10.1 Å². The van der Waals surface area contributed by atoms with E-state index in [-0.39, 0.29) is 5.56 Å². The van der Waals surface area contributed by atoms with Gasteiger partial charge in [-0.3, -0.25) is 14.2 Å². The molecule has 0 aliphatic rings. The van der Waals surface area contributed by atoms with E-state index in [2.05, 4.69) is 11.1 Å². The van der Waals surface area contributed by atoms with Crippen molar-refractivity contribution in [3.05, 3.63) is 58.5 Å². The van der Waals surface area contributed by atoms with E-state index in [0.717, 1.165) is 11.0 Å². The highest BCUT2D eigenvalue weighted by atomic mass is 16.1. The zero-order valence-electron chi connectivity index (χ0n) is 11.2. The van der Waals surface area contributed by atoms with Crippen LogP contribution in [0.4, 0.5) is 0 Å². The number of para-hydroxylation sites is 2. The zero-order valence-corrected chi connectivity index (χ0v) is 11.2. The Kier molecular flexibility index (Phi) is 2.19. The molecule has 0 atom stereocenters. The smallest absolute Gasteiger partial charge is 0.266 e. The molecule has 5 heteroatoms. The molecular weight excluding hydrogens is 264 g/mol. The summed E-state index contributed by atoms with van der Waals surface area (Å²) in [5.74, 6) is 0. The van der Waals surface area contributed by atoms with Gasteiger partial charge in [0.25, 0.3) is 5.56 Å². The summed E-state index contributed by atoms with van der Waals surface area (Å²) < 4.78 is 3.46. The first kappa shape index (κ1) is 11.7. The first-order valence-corrected chi connectivity index (χ1v) is 6.51. The molecule has 0 bridgehead atoms. The molecule has 4 aromatic rings. The third-order valence-corrected chi connectivity index (χ3v) is 3.83. The Morgan fingerprint density at radius 1 is 1.14 bits per heavy atom. The minimum Gasteiger partial charge on any atom is -0.328 e. The Balaban J connectivity index is 2.50. The van der Waals surface area contributed by atoms with E-state index in [4.69, 9.17) is 0 Å². The predicted octanol–water partition coefficient (Wildman–Crippen LogP) is 2.21. The van der Waals surface area contributed by atoms with Gasteiger partial charge in [-0.2, -0.15) is 5.26 Å². The number of nitrogens with zero attached hydrogens (tertiary/aromatic N) is 4. The minimum atomic E-state index is -0.149. The van der Waals surface area contributed by atoms with Crippen LogP contribution >= 0.6 is 0 Å². The van der Waals surface area contributed by atoms with Gasteiger partial charge in [0.05, 0.1) is 21.9 Å². The Morgan fingerprint density at radius 2 is 1.90 bits per heavy atom. The minimum absolute atomic E-state index is 0.149. The molecule has 0 N–H and O–H groups in total. The molecule has 4 rings (SSSR count). The molecule has 0 saturated carbocycles. The molecule has 5 nitrogen and oxygen atoms in total. The van der Waals surface area contributed by atoms with Crippen molar-refractivity contribution >= 4 is 27.6 Å². The molecule has 0 saturated heterocycles. The summed E-state index contributed by atoms with van der Waals surface area (Å²) in [6.07, 6.45) is 1.60. The second-order valence-corrected chi connectivity index (χ2v) is 4.90. The van der Waals surface area contributed by atoms with Crippen LogP contribution in [0.5, 0.6) is 0 Å². The number of hydrogen-bond donors (Lipinski definition) is 0. The van der Waals surface area contributed by atoms with Crippen molar-refractivity contribution in [2.45, 2.75) is 0 Å². The lowest BCUT2D eigenvalue weighted by Gasteiger charge is -2.04. The van der Waals surface area contributed by atoms with Crippen LogP contribution in [-0.4, -0.2) is 14.0 Å². The van der Waals surface area contributed by atoms with E-state index >= 15 is 0 Å². The SMILES string of the molecule is Cn1c2ccccc2n2c(=O)c3cccnc3c(C#N)c12. The van der Waals surface area contributed by atoms with Crippen LogP contribution in [0.3, 0.4) is 0 Å². The van der Waals surface area contributed by atoms with Crippen molar-refractivity contribution in [2.75, 3.05) is 0 Å². The summed E-state index contributed by atoms with van der Waals surface area (Å²) in [6.45, 7) is 0. The highest BCUT2D eigenvalue weighted by Gasteiger charge is 2.18. The maximum Gasteiger partial charge on any atom is 0.266 e. The summed E-state index contributed by atoms with van der Waals surface area (Å²) >= 11 is 0. The molecule has 1 aromatic carbocycles. The Morgan fingerprint density at radius 3 is 2.67 bits per heavy atom. The molecule has 0 amide bonds. The largest absolute Gasteiger partial charge is 0.328 e. The average molecular weight is 274 g/mol. The van der Waals surface area contributed by atoms with Crippen LogP contribution in [0.1, 0.15) is 5.56 Å². The third-order valence-electron chi connectivity index (χ3n) is 3.83. The summed E-state index contributed by atoms with van der Waals surface area (Å²) in [6, 6.07) is 13.2. The van der Waals surface area contributed by atoms with Gasteiger partial charge in [-0.1, -0.05) is 12.1 Å². The van der Waals surface area contributed by atoms with Gasteiger partial charge in [0.1, 0.15) is 17.3 Å². The Hall–Kier alpha value is -3.13. The second-order valence-electron chi connectivity index (χ2n) is 4.90. The fourth-order valence-corrected chi connectivity index (χ4v) is 2.91. The van der Waals surface area contributed by atoms with Crippen LogP contribution in [0, 0.1) is 11.3 Å². The fourth-order valence-electron chi connectivity index (χ4n) is 2.91. The van der Waals surface area contributed by atoms with Crippen molar-refractivity contribution in [1.29, 1.82) is 5.26 Å². The lowest BCUT2D eigenvalue weighted by Crippen LogP contribution is -2.15. The number of nitriles is 1. The van der Waals surface area contributed by atoms with E-state index in [1.54, 1.807) is 22.7 Å². The van der Waals surface area contributed by atoms with Gasteiger partial charge in [-0.15, -0.1) is 0 Å². The monoisotopic (exact) mass is 274 g/mol.